The number of nitrogens with zero attached hydrogens (tertiary/aromatic N) is 1. The number of likely N-dealkylation sites (tertiary alicyclic amines) is 1. The Labute approximate surface area is 110 Å². The Bertz CT molecular complexity index is 340. The first-order valence-electron chi connectivity index (χ1n) is 5.90. The van der Waals surface area contributed by atoms with E-state index in [-0.39, 0.29) is 0 Å². The first kappa shape index (κ1) is 12.6. The molecule has 2 nitrogen and oxygen atoms in total. The molecule has 0 bridgehead atoms. The number of piperidine rings is 1. The molecule has 2 heterocycles. The molecule has 0 aromatic carbocycles. The predicted molar refractivity (Wildman–Crippen MR) is 73.8 cm³/mol. The lowest BCUT2D eigenvalue weighted by atomic mass is 9.98. The van der Waals surface area contributed by atoms with Crippen LogP contribution in [0, 0.1) is 5.92 Å². The van der Waals surface area contributed by atoms with Crippen LogP contribution in [0.5, 0.6) is 0 Å². The van der Waals surface area contributed by atoms with Gasteiger partial charge >= 0.3 is 0 Å². The highest BCUT2D eigenvalue weighted by Crippen LogP contribution is 2.32. The van der Waals surface area contributed by atoms with E-state index < -0.39 is 0 Å². The summed E-state index contributed by atoms with van der Waals surface area (Å²) >= 11 is 5.33. The molecule has 0 amide bonds. The Kier molecular flexibility index (Phi) is 4.41. The van der Waals surface area contributed by atoms with Crippen molar-refractivity contribution in [1.82, 2.24) is 4.90 Å². The third kappa shape index (κ3) is 2.86. The van der Waals surface area contributed by atoms with Crippen LogP contribution in [0.25, 0.3) is 0 Å². The van der Waals surface area contributed by atoms with Crippen LogP contribution < -0.4 is 5.73 Å². The lowest BCUT2D eigenvalue weighted by Crippen LogP contribution is -2.40. The van der Waals surface area contributed by atoms with Gasteiger partial charge in [-0.05, 0) is 53.4 Å². The summed E-state index contributed by atoms with van der Waals surface area (Å²) in [4.78, 5) is 3.94. The van der Waals surface area contributed by atoms with Crippen LogP contribution in [0.15, 0.2) is 15.9 Å². The van der Waals surface area contributed by atoms with Crippen LogP contribution in [0.3, 0.4) is 0 Å². The Morgan fingerprint density at radius 2 is 2.44 bits per heavy atom. The van der Waals surface area contributed by atoms with Crippen molar-refractivity contribution in [3.8, 4) is 0 Å². The summed E-state index contributed by atoms with van der Waals surface area (Å²) in [7, 11) is 0. The van der Waals surface area contributed by atoms with Gasteiger partial charge in [-0.2, -0.15) is 0 Å². The van der Waals surface area contributed by atoms with E-state index in [1.165, 1.54) is 34.6 Å². The van der Waals surface area contributed by atoms with Gasteiger partial charge in [-0.15, -0.1) is 11.3 Å². The number of nitrogens with two attached hydrogens (primary N) is 1. The monoisotopic (exact) mass is 302 g/mol. The average Bonchev–Trinajstić information content (AvgIpc) is 2.66. The van der Waals surface area contributed by atoms with E-state index in [1.807, 2.05) is 11.3 Å². The van der Waals surface area contributed by atoms with Gasteiger partial charge in [0, 0.05) is 18.0 Å². The molecular weight excluding hydrogens is 284 g/mol. The SMILES string of the molecule is CC1CCCN(C(CN)c2ccc(Br)s2)C1. The van der Waals surface area contributed by atoms with Crippen LogP contribution in [-0.4, -0.2) is 24.5 Å². The molecule has 1 aromatic heterocycles. The van der Waals surface area contributed by atoms with Gasteiger partial charge in [0.25, 0.3) is 0 Å². The molecule has 0 spiro atoms. The minimum absolute atomic E-state index is 0.416. The van der Waals surface area contributed by atoms with Crippen molar-refractivity contribution in [1.29, 1.82) is 0 Å². The molecule has 1 saturated heterocycles. The summed E-state index contributed by atoms with van der Waals surface area (Å²) in [5, 5.41) is 0. The highest BCUT2D eigenvalue weighted by atomic mass is 79.9. The summed E-state index contributed by atoms with van der Waals surface area (Å²) < 4.78 is 1.20. The quantitative estimate of drug-likeness (QED) is 0.929. The number of hydrogen-bond donors (Lipinski definition) is 1. The standard InChI is InChI=1S/C12H19BrN2S/c1-9-3-2-6-15(8-9)10(7-14)11-4-5-12(13)16-11/h4-5,9-10H,2-3,6-8,14H2,1H3. The Morgan fingerprint density at radius 3 is 3.00 bits per heavy atom. The minimum atomic E-state index is 0.416. The molecule has 2 rings (SSSR count). The van der Waals surface area contributed by atoms with E-state index in [0.29, 0.717) is 6.04 Å². The topological polar surface area (TPSA) is 29.3 Å². The van der Waals surface area contributed by atoms with Crippen molar-refractivity contribution in [2.45, 2.75) is 25.8 Å². The van der Waals surface area contributed by atoms with Crippen molar-refractivity contribution >= 4 is 27.3 Å². The van der Waals surface area contributed by atoms with Crippen LogP contribution in [0.4, 0.5) is 0 Å². The largest absolute Gasteiger partial charge is 0.329 e. The molecule has 16 heavy (non-hydrogen) atoms. The predicted octanol–water partition coefficient (Wildman–Crippen LogP) is 3.24. The Balaban J connectivity index is 2.09. The number of halogens is 1. The first-order chi connectivity index (χ1) is 7.70. The van der Waals surface area contributed by atoms with E-state index in [0.717, 1.165) is 12.5 Å². The molecular formula is C12H19BrN2S. The fourth-order valence-electron chi connectivity index (χ4n) is 2.46. The lowest BCUT2D eigenvalue weighted by Gasteiger charge is -2.36. The van der Waals surface area contributed by atoms with E-state index in [2.05, 4.69) is 39.9 Å². The van der Waals surface area contributed by atoms with Crippen LogP contribution in [0.2, 0.25) is 0 Å². The van der Waals surface area contributed by atoms with Crippen molar-refractivity contribution in [3.05, 3.63) is 20.8 Å². The van der Waals surface area contributed by atoms with Crippen molar-refractivity contribution in [2.75, 3.05) is 19.6 Å². The smallest absolute Gasteiger partial charge is 0.0702 e. The maximum atomic E-state index is 5.94. The maximum Gasteiger partial charge on any atom is 0.0702 e. The Morgan fingerprint density at radius 1 is 1.62 bits per heavy atom. The second kappa shape index (κ2) is 5.63. The van der Waals surface area contributed by atoms with Gasteiger partial charge in [-0.25, -0.2) is 0 Å². The second-order valence-electron chi connectivity index (χ2n) is 4.64. The summed E-state index contributed by atoms with van der Waals surface area (Å²) in [5.74, 6) is 0.811. The second-order valence-corrected chi connectivity index (χ2v) is 7.13. The molecule has 2 atom stereocenters. The van der Waals surface area contributed by atoms with Crippen molar-refractivity contribution in [2.24, 2.45) is 11.7 Å². The Hall–Kier alpha value is 0.1000. The average molecular weight is 303 g/mol. The molecule has 1 aromatic rings. The highest BCUT2D eigenvalue weighted by molar-refractivity contribution is 9.11. The summed E-state index contributed by atoms with van der Waals surface area (Å²) in [6.45, 7) is 5.45. The molecule has 4 heteroatoms. The molecule has 0 aliphatic carbocycles. The first-order valence-corrected chi connectivity index (χ1v) is 7.51. The zero-order valence-electron chi connectivity index (χ0n) is 9.66. The van der Waals surface area contributed by atoms with Gasteiger partial charge in [0.05, 0.1) is 9.83 Å². The van der Waals surface area contributed by atoms with E-state index in [1.54, 1.807) is 0 Å². The third-order valence-corrected chi connectivity index (χ3v) is 5.00. The molecule has 90 valence electrons. The van der Waals surface area contributed by atoms with Crippen molar-refractivity contribution < 1.29 is 0 Å². The molecule has 1 aliphatic rings. The van der Waals surface area contributed by atoms with E-state index in [4.69, 9.17) is 5.73 Å². The van der Waals surface area contributed by atoms with Gasteiger partial charge in [0.15, 0.2) is 0 Å². The van der Waals surface area contributed by atoms with Crippen molar-refractivity contribution in [3.63, 3.8) is 0 Å². The fraction of sp³-hybridized carbons (Fsp3) is 0.667. The molecule has 0 saturated carbocycles. The fourth-order valence-corrected chi connectivity index (χ4v) is 4.03. The molecule has 1 aliphatic heterocycles. The molecule has 0 radical (unpaired) electrons. The zero-order chi connectivity index (χ0) is 11.5. The molecule has 1 fully saturated rings. The molecule has 2 unspecified atom stereocenters. The van der Waals surface area contributed by atoms with E-state index >= 15 is 0 Å². The molecule has 2 N–H and O–H groups in total. The summed E-state index contributed by atoms with van der Waals surface area (Å²) in [6, 6.07) is 4.74. The van der Waals surface area contributed by atoms with Crippen LogP contribution >= 0.6 is 27.3 Å². The number of thiophene rings is 1. The lowest BCUT2D eigenvalue weighted by molar-refractivity contribution is 0.135. The van der Waals surface area contributed by atoms with Gasteiger partial charge in [0.1, 0.15) is 0 Å². The third-order valence-electron chi connectivity index (χ3n) is 3.27. The van der Waals surface area contributed by atoms with Gasteiger partial charge in [-0.3, -0.25) is 4.90 Å². The summed E-state index contributed by atoms with van der Waals surface area (Å²) in [5.41, 5.74) is 5.94. The number of rotatable bonds is 3. The van der Waals surface area contributed by atoms with E-state index in [9.17, 15) is 0 Å². The van der Waals surface area contributed by atoms with Crippen LogP contribution in [0.1, 0.15) is 30.7 Å². The summed E-state index contributed by atoms with van der Waals surface area (Å²) in [6.07, 6.45) is 2.67. The van der Waals surface area contributed by atoms with Gasteiger partial charge in [-0.1, -0.05) is 6.92 Å². The van der Waals surface area contributed by atoms with Crippen LogP contribution in [-0.2, 0) is 0 Å². The van der Waals surface area contributed by atoms with Gasteiger partial charge < -0.3 is 5.73 Å². The number of hydrogen-bond acceptors (Lipinski definition) is 3. The normalized spacial score (nSPS) is 24.6. The van der Waals surface area contributed by atoms with Gasteiger partial charge in [0.2, 0.25) is 0 Å². The maximum absolute atomic E-state index is 5.94. The highest BCUT2D eigenvalue weighted by Gasteiger charge is 2.24. The zero-order valence-corrected chi connectivity index (χ0v) is 12.1. The minimum Gasteiger partial charge on any atom is -0.329 e.